The molecule has 0 N–H and O–H groups in total. The molecular formula is C16H18BrClN4. The first-order valence-corrected chi connectivity index (χ1v) is 8.52. The van der Waals surface area contributed by atoms with E-state index in [0.717, 1.165) is 42.0 Å². The van der Waals surface area contributed by atoms with Crippen molar-refractivity contribution >= 4 is 39.2 Å². The number of pyridine rings is 2. The molecule has 0 unspecified atom stereocenters. The molecular weight excluding hydrogens is 364 g/mol. The van der Waals surface area contributed by atoms with E-state index in [1.165, 1.54) is 0 Å². The highest BCUT2D eigenvalue weighted by Gasteiger charge is 2.25. The van der Waals surface area contributed by atoms with Gasteiger partial charge in [0.2, 0.25) is 0 Å². The Hall–Kier alpha value is -1.33. The van der Waals surface area contributed by atoms with E-state index in [1.54, 1.807) is 6.20 Å². The van der Waals surface area contributed by atoms with Gasteiger partial charge in [0.1, 0.15) is 11.6 Å². The molecule has 4 nitrogen and oxygen atoms in total. The number of nitrogens with zero attached hydrogens (tertiary/aromatic N) is 4. The van der Waals surface area contributed by atoms with Gasteiger partial charge < -0.3 is 9.80 Å². The van der Waals surface area contributed by atoms with Crippen molar-refractivity contribution in [3.05, 3.63) is 46.2 Å². The first-order valence-electron chi connectivity index (χ1n) is 7.35. The minimum absolute atomic E-state index is 0.500. The summed E-state index contributed by atoms with van der Waals surface area (Å²) in [5.41, 5.74) is 0. The average molecular weight is 382 g/mol. The number of rotatable bonds is 3. The topological polar surface area (TPSA) is 32.3 Å². The van der Waals surface area contributed by atoms with Crippen LogP contribution in [0.1, 0.15) is 12.8 Å². The van der Waals surface area contributed by atoms with Gasteiger partial charge in [-0.05, 0) is 47.0 Å². The van der Waals surface area contributed by atoms with Crippen molar-refractivity contribution < 1.29 is 0 Å². The third-order valence-corrected chi connectivity index (χ3v) is 4.82. The van der Waals surface area contributed by atoms with Crippen LogP contribution < -0.4 is 9.80 Å². The molecule has 0 saturated carbocycles. The minimum Gasteiger partial charge on any atom is -0.357 e. The maximum atomic E-state index is 6.30. The number of piperidine rings is 1. The van der Waals surface area contributed by atoms with Crippen LogP contribution in [0.25, 0.3) is 0 Å². The molecule has 0 atom stereocenters. The van der Waals surface area contributed by atoms with Gasteiger partial charge in [-0.2, -0.15) is 0 Å². The summed E-state index contributed by atoms with van der Waals surface area (Å²) in [5.74, 6) is 1.91. The number of aromatic nitrogens is 2. The molecule has 0 bridgehead atoms. The quantitative estimate of drug-likeness (QED) is 0.804. The van der Waals surface area contributed by atoms with Gasteiger partial charge in [0.25, 0.3) is 0 Å². The molecule has 1 aliphatic heterocycles. The largest absolute Gasteiger partial charge is 0.357 e. The fraction of sp³-hybridized carbons (Fsp3) is 0.375. The van der Waals surface area contributed by atoms with Gasteiger partial charge in [-0.15, -0.1) is 0 Å². The van der Waals surface area contributed by atoms with E-state index in [9.17, 15) is 0 Å². The zero-order chi connectivity index (χ0) is 15.5. The van der Waals surface area contributed by atoms with Crippen molar-refractivity contribution in [3.63, 3.8) is 0 Å². The van der Waals surface area contributed by atoms with Crippen LogP contribution in [0.4, 0.5) is 11.6 Å². The lowest BCUT2D eigenvalue weighted by Gasteiger charge is -2.38. The number of hydrogen-bond acceptors (Lipinski definition) is 4. The van der Waals surface area contributed by atoms with Gasteiger partial charge in [0, 0.05) is 43.0 Å². The maximum absolute atomic E-state index is 6.30. The van der Waals surface area contributed by atoms with Gasteiger partial charge >= 0.3 is 0 Å². The Morgan fingerprint density at radius 2 is 2.05 bits per heavy atom. The molecule has 0 aromatic carbocycles. The molecule has 0 amide bonds. The van der Waals surface area contributed by atoms with Crippen molar-refractivity contribution in [1.82, 2.24) is 9.97 Å². The SMILES string of the molecule is CN(c1ccccn1)C1CCN(c2ncc(Br)cc2Cl)CC1. The number of halogens is 2. The molecule has 2 aromatic rings. The van der Waals surface area contributed by atoms with E-state index < -0.39 is 0 Å². The van der Waals surface area contributed by atoms with Crippen LogP contribution in [-0.2, 0) is 0 Å². The zero-order valence-electron chi connectivity index (χ0n) is 12.4. The standard InChI is InChI=1S/C16H18BrClN4/c1-21(15-4-2-3-7-19-15)13-5-8-22(9-6-13)16-14(18)10-12(17)11-20-16/h2-4,7,10-11,13H,5-6,8-9H2,1H3. The number of anilines is 2. The van der Waals surface area contributed by atoms with Gasteiger partial charge in [0.15, 0.2) is 0 Å². The Bertz CT molecular complexity index is 629. The Kier molecular flexibility index (Phi) is 4.84. The van der Waals surface area contributed by atoms with E-state index in [4.69, 9.17) is 11.6 Å². The van der Waals surface area contributed by atoms with Crippen LogP contribution in [0.2, 0.25) is 5.02 Å². The lowest BCUT2D eigenvalue weighted by atomic mass is 10.0. The van der Waals surface area contributed by atoms with Gasteiger partial charge in [-0.3, -0.25) is 0 Å². The van der Waals surface area contributed by atoms with Crippen molar-refractivity contribution in [2.75, 3.05) is 29.9 Å². The molecule has 1 saturated heterocycles. The number of hydrogen-bond donors (Lipinski definition) is 0. The molecule has 0 radical (unpaired) electrons. The van der Waals surface area contributed by atoms with Gasteiger partial charge in [0.05, 0.1) is 5.02 Å². The Labute approximate surface area is 144 Å². The molecule has 2 aromatic heterocycles. The van der Waals surface area contributed by atoms with Crippen molar-refractivity contribution in [2.45, 2.75) is 18.9 Å². The third-order valence-electron chi connectivity index (χ3n) is 4.11. The molecule has 3 rings (SSSR count). The highest BCUT2D eigenvalue weighted by atomic mass is 79.9. The summed E-state index contributed by atoms with van der Waals surface area (Å²) in [6, 6.07) is 8.43. The molecule has 1 aliphatic rings. The normalized spacial score (nSPS) is 15.9. The van der Waals surface area contributed by atoms with Crippen LogP contribution in [0, 0.1) is 0 Å². The Morgan fingerprint density at radius 1 is 1.27 bits per heavy atom. The zero-order valence-corrected chi connectivity index (χ0v) is 14.8. The predicted molar refractivity (Wildman–Crippen MR) is 94.8 cm³/mol. The fourth-order valence-electron chi connectivity index (χ4n) is 2.85. The van der Waals surface area contributed by atoms with Crippen LogP contribution in [0.15, 0.2) is 41.1 Å². The van der Waals surface area contributed by atoms with E-state index in [2.05, 4.69) is 48.8 Å². The first-order chi connectivity index (χ1) is 10.6. The summed E-state index contributed by atoms with van der Waals surface area (Å²) < 4.78 is 0.908. The second kappa shape index (κ2) is 6.84. The Balaban J connectivity index is 1.65. The van der Waals surface area contributed by atoms with E-state index >= 15 is 0 Å². The molecule has 0 spiro atoms. The van der Waals surface area contributed by atoms with Crippen LogP contribution in [0.5, 0.6) is 0 Å². The second-order valence-corrected chi connectivity index (χ2v) is 6.80. The third kappa shape index (κ3) is 3.36. The highest BCUT2D eigenvalue weighted by molar-refractivity contribution is 9.10. The van der Waals surface area contributed by atoms with Gasteiger partial charge in [-0.1, -0.05) is 17.7 Å². The average Bonchev–Trinajstić information content (AvgIpc) is 2.55. The van der Waals surface area contributed by atoms with Crippen LogP contribution in [0.3, 0.4) is 0 Å². The van der Waals surface area contributed by atoms with Crippen molar-refractivity contribution in [1.29, 1.82) is 0 Å². The minimum atomic E-state index is 0.500. The molecule has 1 fully saturated rings. The molecule has 3 heterocycles. The fourth-order valence-corrected chi connectivity index (χ4v) is 3.60. The lowest BCUT2D eigenvalue weighted by molar-refractivity contribution is 0.478. The van der Waals surface area contributed by atoms with Crippen molar-refractivity contribution in [3.8, 4) is 0 Å². The maximum Gasteiger partial charge on any atom is 0.147 e. The van der Waals surface area contributed by atoms with Crippen LogP contribution >= 0.6 is 27.5 Å². The van der Waals surface area contributed by atoms with Gasteiger partial charge in [-0.25, -0.2) is 9.97 Å². The van der Waals surface area contributed by atoms with Crippen molar-refractivity contribution in [2.24, 2.45) is 0 Å². The summed E-state index contributed by atoms with van der Waals surface area (Å²) >= 11 is 9.70. The summed E-state index contributed by atoms with van der Waals surface area (Å²) in [7, 11) is 2.12. The monoisotopic (exact) mass is 380 g/mol. The summed E-state index contributed by atoms with van der Waals surface area (Å²) in [6.45, 7) is 1.91. The smallest absolute Gasteiger partial charge is 0.147 e. The predicted octanol–water partition coefficient (Wildman–Crippen LogP) is 4.00. The molecule has 6 heteroatoms. The van der Waals surface area contributed by atoms with E-state index in [-0.39, 0.29) is 0 Å². The molecule has 22 heavy (non-hydrogen) atoms. The van der Waals surface area contributed by atoms with E-state index in [0.29, 0.717) is 11.1 Å². The van der Waals surface area contributed by atoms with E-state index in [1.807, 2.05) is 24.4 Å². The summed E-state index contributed by atoms with van der Waals surface area (Å²) in [6.07, 6.45) is 5.78. The Morgan fingerprint density at radius 3 is 2.68 bits per heavy atom. The highest BCUT2D eigenvalue weighted by Crippen LogP contribution is 2.29. The molecule has 0 aliphatic carbocycles. The molecule has 116 valence electrons. The van der Waals surface area contributed by atoms with Crippen LogP contribution in [-0.4, -0.2) is 36.1 Å². The summed E-state index contributed by atoms with van der Waals surface area (Å²) in [4.78, 5) is 13.4. The first kappa shape index (κ1) is 15.6. The lowest BCUT2D eigenvalue weighted by Crippen LogP contribution is -2.44. The summed E-state index contributed by atoms with van der Waals surface area (Å²) in [5, 5.41) is 0.700. The second-order valence-electron chi connectivity index (χ2n) is 5.48.